The first kappa shape index (κ1) is 24.3. The van der Waals surface area contributed by atoms with Gasteiger partial charge in [-0.25, -0.2) is 4.99 Å². The van der Waals surface area contributed by atoms with Gasteiger partial charge in [0.2, 0.25) is 5.91 Å². The van der Waals surface area contributed by atoms with Gasteiger partial charge in [-0.3, -0.25) is 14.5 Å². The lowest BCUT2D eigenvalue weighted by Gasteiger charge is -2.19. The van der Waals surface area contributed by atoms with Crippen LogP contribution >= 0.6 is 11.8 Å². The number of nitrogens with one attached hydrogen (secondary N) is 1. The van der Waals surface area contributed by atoms with E-state index in [1.807, 2.05) is 81.4 Å². The molecule has 1 aliphatic rings. The van der Waals surface area contributed by atoms with Crippen LogP contribution in [0.15, 0.2) is 77.4 Å². The van der Waals surface area contributed by atoms with E-state index >= 15 is 0 Å². The number of aryl methyl sites for hydroxylation is 3. The van der Waals surface area contributed by atoms with E-state index in [0.29, 0.717) is 10.9 Å². The second kappa shape index (κ2) is 10.6. The molecule has 0 aliphatic carbocycles. The molecule has 6 nitrogen and oxygen atoms in total. The molecule has 0 bridgehead atoms. The summed E-state index contributed by atoms with van der Waals surface area (Å²) >= 11 is 1.24. The van der Waals surface area contributed by atoms with Crippen LogP contribution in [-0.4, -0.2) is 29.8 Å². The second-order valence-corrected chi connectivity index (χ2v) is 9.33. The number of amidine groups is 1. The minimum atomic E-state index is -0.229. The molecule has 0 atom stereocenters. The van der Waals surface area contributed by atoms with Crippen LogP contribution in [0.25, 0.3) is 6.08 Å². The highest BCUT2D eigenvalue weighted by molar-refractivity contribution is 8.14. The molecule has 0 saturated heterocycles. The number of benzene rings is 3. The zero-order valence-corrected chi connectivity index (χ0v) is 21.0. The minimum absolute atomic E-state index is 0.122. The van der Waals surface area contributed by atoms with Crippen LogP contribution in [0, 0.1) is 20.8 Å². The normalized spacial score (nSPS) is 14.3. The Kier molecular flexibility index (Phi) is 7.36. The largest absolute Gasteiger partial charge is 0.497 e. The van der Waals surface area contributed by atoms with Crippen molar-refractivity contribution < 1.29 is 14.3 Å². The minimum Gasteiger partial charge on any atom is -0.497 e. The Labute approximate surface area is 209 Å². The van der Waals surface area contributed by atoms with Crippen molar-refractivity contribution in [2.24, 2.45) is 4.99 Å². The number of amides is 2. The fourth-order valence-electron chi connectivity index (χ4n) is 3.81. The molecular weight excluding hydrogens is 458 g/mol. The molecule has 2 amide bonds. The smallest absolute Gasteiger partial charge is 0.283 e. The van der Waals surface area contributed by atoms with Crippen LogP contribution in [0.4, 0.5) is 11.4 Å². The van der Waals surface area contributed by atoms with E-state index in [9.17, 15) is 9.59 Å². The monoisotopic (exact) mass is 485 g/mol. The number of ether oxygens (including phenoxy) is 1. The average molecular weight is 486 g/mol. The third-order valence-corrected chi connectivity index (χ3v) is 6.29. The summed E-state index contributed by atoms with van der Waals surface area (Å²) in [5.74, 6) is 0.467. The van der Waals surface area contributed by atoms with Crippen LogP contribution in [0.2, 0.25) is 0 Å². The highest BCUT2D eigenvalue weighted by Gasteiger charge is 2.32. The van der Waals surface area contributed by atoms with Crippen LogP contribution in [0.1, 0.15) is 22.3 Å². The number of methoxy groups -OCH3 is 1. The van der Waals surface area contributed by atoms with Crippen molar-refractivity contribution in [3.63, 3.8) is 0 Å². The third-order valence-electron chi connectivity index (χ3n) is 5.35. The number of hydrogen-bond acceptors (Lipinski definition) is 5. The SMILES string of the molecule is COc1ccc(C=C2N=C(SCC(=O)Nc3cccc(C)c3)N(c3cc(C)cc(C)c3)C2=O)cc1. The number of anilines is 2. The number of rotatable bonds is 6. The molecule has 1 N–H and O–H groups in total. The Bertz CT molecular complexity index is 1310. The van der Waals surface area contributed by atoms with Crippen molar-refractivity contribution in [3.8, 4) is 5.75 Å². The molecule has 0 spiro atoms. The van der Waals surface area contributed by atoms with Gasteiger partial charge in [0.1, 0.15) is 11.4 Å². The topological polar surface area (TPSA) is 71.0 Å². The number of hydrogen-bond donors (Lipinski definition) is 1. The Hall–Kier alpha value is -3.84. The first-order valence-electron chi connectivity index (χ1n) is 11.2. The Morgan fingerprint density at radius 1 is 1.00 bits per heavy atom. The van der Waals surface area contributed by atoms with E-state index in [4.69, 9.17) is 4.74 Å². The van der Waals surface area contributed by atoms with Crippen molar-refractivity contribution in [3.05, 3.63) is 94.7 Å². The first-order chi connectivity index (χ1) is 16.8. The standard InChI is InChI=1S/C28H27N3O3S/c1-18-6-5-7-22(13-18)29-26(32)17-35-28-30-25(16-21-8-10-24(34-4)11-9-21)27(33)31(28)23-14-19(2)12-20(3)15-23/h5-16H,17H2,1-4H3,(H,29,32). The summed E-state index contributed by atoms with van der Waals surface area (Å²) < 4.78 is 5.21. The lowest BCUT2D eigenvalue weighted by atomic mass is 10.1. The van der Waals surface area contributed by atoms with Crippen molar-refractivity contribution in [2.45, 2.75) is 20.8 Å². The van der Waals surface area contributed by atoms with Gasteiger partial charge in [0, 0.05) is 5.69 Å². The summed E-state index contributed by atoms with van der Waals surface area (Å²) in [6.07, 6.45) is 1.75. The van der Waals surface area contributed by atoms with Gasteiger partial charge >= 0.3 is 0 Å². The van der Waals surface area contributed by atoms with E-state index in [2.05, 4.69) is 16.4 Å². The maximum atomic E-state index is 13.4. The van der Waals surface area contributed by atoms with Crippen molar-refractivity contribution in [2.75, 3.05) is 23.1 Å². The molecule has 0 fully saturated rings. The number of thioether (sulfide) groups is 1. The predicted molar refractivity (Wildman–Crippen MR) is 144 cm³/mol. The van der Waals surface area contributed by atoms with E-state index < -0.39 is 0 Å². The summed E-state index contributed by atoms with van der Waals surface area (Å²) in [7, 11) is 1.61. The van der Waals surface area contributed by atoms with E-state index in [0.717, 1.165) is 39.4 Å². The number of carbonyl (C=O) groups is 2. The van der Waals surface area contributed by atoms with Crippen molar-refractivity contribution >= 4 is 46.2 Å². The molecule has 3 aromatic rings. The van der Waals surface area contributed by atoms with E-state index in [-0.39, 0.29) is 17.6 Å². The van der Waals surface area contributed by atoms with Crippen molar-refractivity contribution in [1.29, 1.82) is 0 Å². The van der Waals surface area contributed by atoms with Gasteiger partial charge in [0.05, 0.1) is 18.6 Å². The number of nitrogens with zero attached hydrogens (tertiary/aromatic N) is 2. The molecule has 1 aliphatic heterocycles. The van der Waals surface area contributed by atoms with Crippen molar-refractivity contribution in [1.82, 2.24) is 0 Å². The summed E-state index contributed by atoms with van der Waals surface area (Å²) in [5.41, 5.74) is 5.78. The molecule has 4 rings (SSSR count). The number of aliphatic imine (C=N–C) groups is 1. The zero-order valence-electron chi connectivity index (χ0n) is 20.2. The summed E-state index contributed by atoms with van der Waals surface area (Å²) in [6.45, 7) is 5.95. The third kappa shape index (κ3) is 6.00. The Morgan fingerprint density at radius 3 is 2.37 bits per heavy atom. The quantitative estimate of drug-likeness (QED) is 0.452. The van der Waals surface area contributed by atoms with Gasteiger partial charge < -0.3 is 10.1 Å². The molecule has 178 valence electrons. The molecule has 3 aromatic carbocycles. The molecule has 35 heavy (non-hydrogen) atoms. The Morgan fingerprint density at radius 2 is 1.71 bits per heavy atom. The fourth-order valence-corrected chi connectivity index (χ4v) is 4.62. The maximum Gasteiger partial charge on any atom is 0.283 e. The van der Waals surface area contributed by atoms with E-state index in [1.54, 1.807) is 18.1 Å². The highest BCUT2D eigenvalue weighted by Crippen LogP contribution is 2.31. The van der Waals surface area contributed by atoms with Crippen LogP contribution in [0.5, 0.6) is 5.75 Å². The van der Waals surface area contributed by atoms with Gasteiger partial charge in [-0.1, -0.05) is 42.1 Å². The molecule has 1 heterocycles. The van der Waals surface area contributed by atoms with Crippen LogP contribution in [0.3, 0.4) is 0 Å². The lowest BCUT2D eigenvalue weighted by molar-refractivity contribution is -0.114. The van der Waals surface area contributed by atoms with Gasteiger partial charge in [-0.05, 0) is 85.5 Å². The summed E-state index contributed by atoms with van der Waals surface area (Å²) in [5, 5.41) is 3.38. The molecule has 0 saturated carbocycles. The highest BCUT2D eigenvalue weighted by atomic mass is 32.2. The zero-order chi connectivity index (χ0) is 24.9. The van der Waals surface area contributed by atoms with Crippen LogP contribution < -0.4 is 15.0 Å². The predicted octanol–water partition coefficient (Wildman–Crippen LogP) is 5.74. The summed E-state index contributed by atoms with van der Waals surface area (Å²) in [6, 6.07) is 21.0. The summed E-state index contributed by atoms with van der Waals surface area (Å²) in [4.78, 5) is 32.3. The molecule has 7 heteroatoms. The van der Waals surface area contributed by atoms with Gasteiger partial charge in [-0.15, -0.1) is 0 Å². The molecular formula is C28H27N3O3S. The maximum absolute atomic E-state index is 13.4. The Balaban J connectivity index is 1.60. The average Bonchev–Trinajstić information content (AvgIpc) is 3.12. The molecule has 0 aromatic heterocycles. The van der Waals surface area contributed by atoms with E-state index in [1.165, 1.54) is 11.8 Å². The van der Waals surface area contributed by atoms with Crippen LogP contribution in [-0.2, 0) is 9.59 Å². The molecule has 0 radical (unpaired) electrons. The number of carbonyl (C=O) groups excluding carboxylic acids is 2. The second-order valence-electron chi connectivity index (χ2n) is 8.39. The lowest BCUT2D eigenvalue weighted by Crippen LogP contribution is -2.31. The molecule has 0 unspecified atom stereocenters. The fraction of sp³-hybridized carbons (Fsp3) is 0.179. The van der Waals surface area contributed by atoms with Gasteiger partial charge in [0.15, 0.2) is 5.17 Å². The van der Waals surface area contributed by atoms with Gasteiger partial charge in [0.25, 0.3) is 5.91 Å². The van der Waals surface area contributed by atoms with Gasteiger partial charge in [-0.2, -0.15) is 0 Å². The first-order valence-corrected chi connectivity index (χ1v) is 12.2.